The summed E-state index contributed by atoms with van der Waals surface area (Å²) in [7, 11) is 0. The summed E-state index contributed by atoms with van der Waals surface area (Å²) in [6, 6.07) is 10.3. The molecule has 0 radical (unpaired) electrons. The van der Waals surface area contributed by atoms with Gasteiger partial charge in [0.1, 0.15) is 5.82 Å². The first-order valence-corrected chi connectivity index (χ1v) is 7.76. The molecule has 128 valence electrons. The first-order chi connectivity index (χ1) is 11.3. The molecule has 0 heterocycles. The van der Waals surface area contributed by atoms with Gasteiger partial charge in [-0.25, -0.2) is 8.78 Å². The van der Waals surface area contributed by atoms with Gasteiger partial charge in [0.05, 0.1) is 0 Å². The highest BCUT2D eigenvalue weighted by Crippen LogP contribution is 2.24. The molecular weight excluding hydrogens is 336 g/mol. The third-order valence-corrected chi connectivity index (χ3v) is 3.82. The average molecular weight is 354 g/mol. The number of carbonyl (C=O) groups is 1. The van der Waals surface area contributed by atoms with E-state index in [1.54, 1.807) is 6.07 Å². The van der Waals surface area contributed by atoms with E-state index < -0.39 is 17.5 Å². The summed E-state index contributed by atoms with van der Waals surface area (Å²) in [4.78, 5) is 11.9. The van der Waals surface area contributed by atoms with Crippen LogP contribution in [0.1, 0.15) is 19.4 Å². The summed E-state index contributed by atoms with van der Waals surface area (Å²) < 4.78 is 31.3. The molecule has 1 amide bonds. The van der Waals surface area contributed by atoms with Crippen molar-refractivity contribution < 1.29 is 18.3 Å². The molecule has 2 rings (SSSR count). The predicted octanol–water partition coefficient (Wildman–Crippen LogP) is 4.09. The number of ether oxygens (including phenoxy) is 1. The fraction of sp³-hybridized carbons (Fsp3) is 0.278. The van der Waals surface area contributed by atoms with E-state index in [4.69, 9.17) is 16.3 Å². The van der Waals surface area contributed by atoms with Crippen LogP contribution >= 0.6 is 11.6 Å². The van der Waals surface area contributed by atoms with Crippen LogP contribution in [0.3, 0.4) is 0 Å². The maximum absolute atomic E-state index is 13.4. The molecule has 0 aliphatic carbocycles. The van der Waals surface area contributed by atoms with Crippen LogP contribution in [-0.4, -0.2) is 19.1 Å². The van der Waals surface area contributed by atoms with Crippen molar-refractivity contribution in [3.8, 4) is 5.75 Å². The van der Waals surface area contributed by atoms with Crippen molar-refractivity contribution >= 4 is 17.5 Å². The lowest BCUT2D eigenvalue weighted by molar-refractivity contribution is -0.123. The minimum absolute atomic E-state index is 0.166. The van der Waals surface area contributed by atoms with Crippen molar-refractivity contribution in [1.82, 2.24) is 5.32 Å². The Morgan fingerprint density at radius 1 is 1.21 bits per heavy atom. The first-order valence-electron chi connectivity index (χ1n) is 7.38. The molecular formula is C18H18ClF2NO2. The molecule has 6 heteroatoms. The van der Waals surface area contributed by atoms with Crippen LogP contribution in [-0.2, 0) is 10.2 Å². The van der Waals surface area contributed by atoms with Gasteiger partial charge in [-0.05, 0) is 29.8 Å². The lowest BCUT2D eigenvalue weighted by Crippen LogP contribution is -2.39. The first kappa shape index (κ1) is 18.2. The predicted molar refractivity (Wildman–Crippen MR) is 89.3 cm³/mol. The Bertz CT molecular complexity index is 735. The normalized spacial score (nSPS) is 11.2. The monoisotopic (exact) mass is 353 g/mol. The van der Waals surface area contributed by atoms with Gasteiger partial charge in [-0.2, -0.15) is 0 Å². The third-order valence-electron chi connectivity index (χ3n) is 3.59. The van der Waals surface area contributed by atoms with Gasteiger partial charge in [0.2, 0.25) is 0 Å². The van der Waals surface area contributed by atoms with E-state index in [-0.39, 0.29) is 17.8 Å². The van der Waals surface area contributed by atoms with Gasteiger partial charge in [0.15, 0.2) is 18.2 Å². The molecule has 0 fully saturated rings. The van der Waals surface area contributed by atoms with Gasteiger partial charge in [-0.15, -0.1) is 0 Å². The molecule has 24 heavy (non-hydrogen) atoms. The van der Waals surface area contributed by atoms with E-state index in [1.807, 2.05) is 32.0 Å². The van der Waals surface area contributed by atoms with Gasteiger partial charge in [-0.1, -0.05) is 37.6 Å². The second-order valence-electron chi connectivity index (χ2n) is 6.03. The lowest BCUT2D eigenvalue weighted by atomic mass is 9.84. The van der Waals surface area contributed by atoms with Gasteiger partial charge < -0.3 is 10.1 Å². The lowest BCUT2D eigenvalue weighted by Gasteiger charge is -2.26. The van der Waals surface area contributed by atoms with Crippen LogP contribution in [0.4, 0.5) is 8.78 Å². The van der Waals surface area contributed by atoms with Crippen LogP contribution < -0.4 is 10.1 Å². The number of benzene rings is 2. The number of halogens is 3. The quantitative estimate of drug-likeness (QED) is 0.849. The van der Waals surface area contributed by atoms with Crippen LogP contribution in [0.2, 0.25) is 5.02 Å². The van der Waals surface area contributed by atoms with Crippen molar-refractivity contribution in [2.45, 2.75) is 19.3 Å². The Labute approximate surface area is 144 Å². The minimum atomic E-state index is -0.845. The molecule has 2 aromatic carbocycles. The maximum Gasteiger partial charge on any atom is 0.257 e. The molecule has 0 atom stereocenters. The summed E-state index contributed by atoms with van der Waals surface area (Å²) in [6.07, 6.45) is 0. The van der Waals surface area contributed by atoms with Crippen molar-refractivity contribution in [1.29, 1.82) is 0 Å². The van der Waals surface area contributed by atoms with Gasteiger partial charge >= 0.3 is 0 Å². The van der Waals surface area contributed by atoms with Crippen molar-refractivity contribution in [3.63, 3.8) is 0 Å². The SMILES string of the molecule is CC(C)(CNC(=O)COc1ccc(F)cc1F)c1cccc(Cl)c1. The Balaban J connectivity index is 1.88. The number of carbonyl (C=O) groups excluding carboxylic acids is 1. The number of hydrogen-bond donors (Lipinski definition) is 1. The molecule has 3 nitrogen and oxygen atoms in total. The Morgan fingerprint density at radius 3 is 2.62 bits per heavy atom. The van der Waals surface area contributed by atoms with Gasteiger partial charge in [0.25, 0.3) is 5.91 Å². The number of amides is 1. The molecule has 0 aliphatic heterocycles. The number of rotatable bonds is 6. The van der Waals surface area contributed by atoms with E-state index in [1.165, 1.54) is 0 Å². The fourth-order valence-electron chi connectivity index (χ4n) is 2.12. The van der Waals surface area contributed by atoms with Crippen LogP contribution in [0, 0.1) is 11.6 Å². The third kappa shape index (κ3) is 4.93. The van der Waals surface area contributed by atoms with E-state index in [9.17, 15) is 13.6 Å². The molecule has 0 bridgehead atoms. The smallest absolute Gasteiger partial charge is 0.257 e. The highest BCUT2D eigenvalue weighted by molar-refractivity contribution is 6.30. The number of nitrogens with one attached hydrogen (secondary N) is 1. The summed E-state index contributed by atoms with van der Waals surface area (Å²) in [5.74, 6) is -2.11. The molecule has 0 aromatic heterocycles. The fourth-order valence-corrected chi connectivity index (χ4v) is 2.31. The van der Waals surface area contributed by atoms with Gasteiger partial charge in [0, 0.05) is 23.0 Å². The van der Waals surface area contributed by atoms with Crippen molar-refractivity contribution in [2.75, 3.05) is 13.2 Å². The average Bonchev–Trinajstić information content (AvgIpc) is 2.52. The zero-order chi connectivity index (χ0) is 17.7. The van der Waals surface area contributed by atoms with Crippen molar-refractivity contribution in [3.05, 3.63) is 64.7 Å². The Kier molecular flexibility index (Phi) is 5.78. The highest BCUT2D eigenvalue weighted by Gasteiger charge is 2.21. The summed E-state index contributed by atoms with van der Waals surface area (Å²) in [6.45, 7) is 3.95. The molecule has 0 saturated heterocycles. The van der Waals surface area contributed by atoms with E-state index in [0.29, 0.717) is 17.6 Å². The summed E-state index contributed by atoms with van der Waals surface area (Å²) >= 11 is 5.99. The van der Waals surface area contributed by atoms with Crippen molar-refractivity contribution in [2.24, 2.45) is 0 Å². The van der Waals surface area contributed by atoms with E-state index >= 15 is 0 Å². The van der Waals surface area contributed by atoms with E-state index in [0.717, 1.165) is 17.7 Å². The Morgan fingerprint density at radius 2 is 1.96 bits per heavy atom. The zero-order valence-corrected chi connectivity index (χ0v) is 14.2. The molecule has 0 aliphatic rings. The second-order valence-corrected chi connectivity index (χ2v) is 6.47. The van der Waals surface area contributed by atoms with Crippen LogP contribution in [0.25, 0.3) is 0 Å². The maximum atomic E-state index is 13.4. The number of hydrogen-bond acceptors (Lipinski definition) is 2. The molecule has 0 saturated carbocycles. The standard InChI is InChI=1S/C18H18ClF2NO2/c1-18(2,12-4-3-5-13(19)8-12)11-22-17(23)10-24-16-7-6-14(20)9-15(16)21/h3-9H,10-11H2,1-2H3,(H,22,23). The van der Waals surface area contributed by atoms with Crippen LogP contribution in [0.15, 0.2) is 42.5 Å². The van der Waals surface area contributed by atoms with Gasteiger partial charge in [-0.3, -0.25) is 4.79 Å². The summed E-state index contributed by atoms with van der Waals surface area (Å²) in [5, 5.41) is 3.37. The zero-order valence-electron chi connectivity index (χ0n) is 13.4. The Hall–Kier alpha value is -2.14. The van der Waals surface area contributed by atoms with E-state index in [2.05, 4.69) is 5.32 Å². The second kappa shape index (κ2) is 7.62. The molecule has 1 N–H and O–H groups in total. The highest BCUT2D eigenvalue weighted by atomic mass is 35.5. The summed E-state index contributed by atoms with van der Waals surface area (Å²) in [5.41, 5.74) is 0.655. The minimum Gasteiger partial charge on any atom is -0.481 e. The molecule has 0 spiro atoms. The van der Waals surface area contributed by atoms with Crippen LogP contribution in [0.5, 0.6) is 5.75 Å². The largest absolute Gasteiger partial charge is 0.481 e. The molecule has 0 unspecified atom stereocenters. The topological polar surface area (TPSA) is 38.3 Å². The molecule has 2 aromatic rings.